The first-order valence-corrected chi connectivity index (χ1v) is 8.55. The molecule has 1 saturated carbocycles. The van der Waals surface area contributed by atoms with E-state index in [1.165, 1.54) is 32.1 Å². The van der Waals surface area contributed by atoms with Gasteiger partial charge in [0.2, 0.25) is 0 Å². The van der Waals surface area contributed by atoms with Gasteiger partial charge in [0.1, 0.15) is 0 Å². The standard InChI is InChI=1S/C17H31N5.HI/c1-15(2)13-17(7-4-5-8-17)14-20-16(18-3)19-10-12-22-11-6-9-21-22;/h6,9,11,15H,4-5,7-8,10,12-14H2,1-3H3,(H2,18,19,20);1H. The minimum Gasteiger partial charge on any atom is -0.356 e. The molecule has 132 valence electrons. The Morgan fingerprint density at radius 1 is 1.30 bits per heavy atom. The molecule has 1 aliphatic rings. The fraction of sp³-hybridized carbons (Fsp3) is 0.765. The van der Waals surface area contributed by atoms with E-state index in [1.807, 2.05) is 30.2 Å². The zero-order valence-corrected chi connectivity index (χ0v) is 17.0. The molecule has 1 fully saturated rings. The zero-order chi connectivity index (χ0) is 15.8. The van der Waals surface area contributed by atoms with E-state index < -0.39 is 0 Å². The number of halogens is 1. The molecule has 1 aromatic heterocycles. The van der Waals surface area contributed by atoms with Crippen LogP contribution < -0.4 is 10.6 Å². The SMILES string of the molecule is CN=C(NCCn1cccn1)NCC1(CC(C)C)CCCC1.I. The quantitative estimate of drug-likeness (QED) is 0.394. The molecule has 1 aliphatic carbocycles. The molecule has 0 aromatic carbocycles. The molecule has 2 N–H and O–H groups in total. The van der Waals surface area contributed by atoms with Crippen LogP contribution in [0.4, 0.5) is 0 Å². The Hall–Kier alpha value is -0.790. The Morgan fingerprint density at radius 2 is 2.04 bits per heavy atom. The number of hydrogen-bond acceptors (Lipinski definition) is 2. The van der Waals surface area contributed by atoms with E-state index in [1.54, 1.807) is 0 Å². The molecular weight excluding hydrogens is 401 g/mol. The average molecular weight is 433 g/mol. The van der Waals surface area contributed by atoms with Gasteiger partial charge in [0.05, 0.1) is 6.54 Å². The second-order valence-corrected chi connectivity index (χ2v) is 6.93. The molecule has 23 heavy (non-hydrogen) atoms. The largest absolute Gasteiger partial charge is 0.356 e. The lowest BCUT2D eigenvalue weighted by atomic mass is 9.78. The highest BCUT2D eigenvalue weighted by Crippen LogP contribution is 2.42. The van der Waals surface area contributed by atoms with Gasteiger partial charge >= 0.3 is 0 Å². The third kappa shape index (κ3) is 6.69. The molecule has 5 nitrogen and oxygen atoms in total. The van der Waals surface area contributed by atoms with Crippen molar-refractivity contribution in [2.45, 2.75) is 52.5 Å². The van der Waals surface area contributed by atoms with Crippen LogP contribution in [-0.2, 0) is 6.54 Å². The van der Waals surface area contributed by atoms with Gasteiger partial charge < -0.3 is 10.6 Å². The number of hydrogen-bond donors (Lipinski definition) is 2. The van der Waals surface area contributed by atoms with Gasteiger partial charge in [-0.25, -0.2) is 0 Å². The van der Waals surface area contributed by atoms with Crippen molar-refractivity contribution >= 4 is 29.9 Å². The maximum absolute atomic E-state index is 4.34. The monoisotopic (exact) mass is 433 g/mol. The van der Waals surface area contributed by atoms with Gasteiger partial charge in [0.25, 0.3) is 0 Å². The number of nitrogens with zero attached hydrogens (tertiary/aromatic N) is 3. The van der Waals surface area contributed by atoms with Gasteiger partial charge in [-0.15, -0.1) is 24.0 Å². The first-order valence-electron chi connectivity index (χ1n) is 8.55. The molecule has 2 rings (SSSR count). The lowest BCUT2D eigenvalue weighted by Crippen LogP contribution is -2.44. The summed E-state index contributed by atoms with van der Waals surface area (Å²) in [4.78, 5) is 4.34. The predicted octanol–water partition coefficient (Wildman–Crippen LogP) is 3.27. The van der Waals surface area contributed by atoms with E-state index in [9.17, 15) is 0 Å². The first kappa shape index (κ1) is 20.3. The fourth-order valence-electron chi connectivity index (χ4n) is 3.66. The van der Waals surface area contributed by atoms with Crippen molar-refractivity contribution in [2.75, 3.05) is 20.1 Å². The summed E-state index contributed by atoms with van der Waals surface area (Å²) in [5.74, 6) is 1.66. The highest BCUT2D eigenvalue weighted by Gasteiger charge is 2.34. The predicted molar refractivity (Wildman–Crippen MR) is 107 cm³/mol. The average Bonchev–Trinajstić information content (AvgIpc) is 3.14. The number of nitrogens with one attached hydrogen (secondary N) is 2. The van der Waals surface area contributed by atoms with Gasteiger partial charge in [-0.05, 0) is 36.7 Å². The van der Waals surface area contributed by atoms with Crippen molar-refractivity contribution in [3.05, 3.63) is 18.5 Å². The maximum atomic E-state index is 4.34. The molecule has 6 heteroatoms. The minimum absolute atomic E-state index is 0. The Morgan fingerprint density at radius 3 is 2.61 bits per heavy atom. The van der Waals surface area contributed by atoms with E-state index in [-0.39, 0.29) is 24.0 Å². The van der Waals surface area contributed by atoms with Crippen molar-refractivity contribution in [1.82, 2.24) is 20.4 Å². The van der Waals surface area contributed by atoms with Crippen molar-refractivity contribution in [1.29, 1.82) is 0 Å². The summed E-state index contributed by atoms with van der Waals surface area (Å²) in [6.45, 7) is 7.38. The van der Waals surface area contributed by atoms with Crippen LogP contribution in [-0.4, -0.2) is 35.9 Å². The molecule has 1 heterocycles. The van der Waals surface area contributed by atoms with Crippen LogP contribution in [0.3, 0.4) is 0 Å². The molecule has 0 unspecified atom stereocenters. The summed E-state index contributed by atoms with van der Waals surface area (Å²) in [5.41, 5.74) is 0.466. The van der Waals surface area contributed by atoms with Crippen molar-refractivity contribution in [2.24, 2.45) is 16.3 Å². The Balaban J connectivity index is 0.00000264. The summed E-state index contributed by atoms with van der Waals surface area (Å²) < 4.78 is 1.93. The van der Waals surface area contributed by atoms with Crippen LogP contribution in [0, 0.1) is 11.3 Å². The summed E-state index contributed by atoms with van der Waals surface area (Å²) in [6, 6.07) is 1.95. The van der Waals surface area contributed by atoms with Crippen molar-refractivity contribution < 1.29 is 0 Å². The van der Waals surface area contributed by atoms with Crippen LogP contribution in [0.2, 0.25) is 0 Å². The van der Waals surface area contributed by atoms with E-state index >= 15 is 0 Å². The molecule has 0 spiro atoms. The second kappa shape index (κ2) is 10.2. The smallest absolute Gasteiger partial charge is 0.191 e. The number of guanidine groups is 1. The molecule has 0 saturated heterocycles. The van der Waals surface area contributed by atoms with Gasteiger partial charge in [0, 0.05) is 32.5 Å². The lowest BCUT2D eigenvalue weighted by Gasteiger charge is -2.31. The summed E-state index contributed by atoms with van der Waals surface area (Å²) in [6.07, 6.45) is 10.5. The second-order valence-electron chi connectivity index (χ2n) is 6.93. The Kier molecular flexibility index (Phi) is 8.94. The van der Waals surface area contributed by atoms with Gasteiger partial charge in [-0.3, -0.25) is 9.67 Å². The summed E-state index contributed by atoms with van der Waals surface area (Å²) in [7, 11) is 1.84. The Labute approximate surface area is 157 Å². The maximum Gasteiger partial charge on any atom is 0.191 e. The zero-order valence-electron chi connectivity index (χ0n) is 14.7. The first-order chi connectivity index (χ1) is 10.6. The fourth-order valence-corrected chi connectivity index (χ4v) is 3.66. The van der Waals surface area contributed by atoms with Crippen LogP contribution in [0.5, 0.6) is 0 Å². The van der Waals surface area contributed by atoms with E-state index in [0.29, 0.717) is 5.41 Å². The van der Waals surface area contributed by atoms with E-state index in [4.69, 9.17) is 0 Å². The number of rotatable bonds is 7. The van der Waals surface area contributed by atoms with Gasteiger partial charge in [-0.1, -0.05) is 26.7 Å². The van der Waals surface area contributed by atoms with Crippen molar-refractivity contribution in [3.63, 3.8) is 0 Å². The van der Waals surface area contributed by atoms with Crippen LogP contribution >= 0.6 is 24.0 Å². The van der Waals surface area contributed by atoms with Crippen LogP contribution in [0.25, 0.3) is 0 Å². The molecule has 0 radical (unpaired) electrons. The highest BCUT2D eigenvalue weighted by atomic mass is 127. The normalized spacial score (nSPS) is 17.1. The van der Waals surface area contributed by atoms with E-state index in [2.05, 4.69) is 34.6 Å². The molecule has 1 aromatic rings. The third-order valence-corrected chi connectivity index (χ3v) is 4.55. The molecular formula is C17H32IN5. The molecule has 0 aliphatic heterocycles. The lowest BCUT2D eigenvalue weighted by molar-refractivity contribution is 0.234. The van der Waals surface area contributed by atoms with Gasteiger partial charge in [0.15, 0.2) is 5.96 Å². The van der Waals surface area contributed by atoms with Crippen molar-refractivity contribution in [3.8, 4) is 0 Å². The molecule has 0 atom stereocenters. The summed E-state index contributed by atoms with van der Waals surface area (Å²) >= 11 is 0. The Bertz CT molecular complexity index is 450. The topological polar surface area (TPSA) is 54.2 Å². The number of aromatic nitrogens is 2. The minimum atomic E-state index is 0. The third-order valence-electron chi connectivity index (χ3n) is 4.55. The highest BCUT2D eigenvalue weighted by molar-refractivity contribution is 14.0. The van der Waals surface area contributed by atoms with E-state index in [0.717, 1.165) is 31.5 Å². The molecule has 0 amide bonds. The van der Waals surface area contributed by atoms with Crippen LogP contribution in [0.15, 0.2) is 23.5 Å². The van der Waals surface area contributed by atoms with Gasteiger partial charge in [-0.2, -0.15) is 5.10 Å². The summed E-state index contributed by atoms with van der Waals surface area (Å²) in [5, 5.41) is 11.1. The van der Waals surface area contributed by atoms with Crippen LogP contribution in [0.1, 0.15) is 46.0 Å². The number of aliphatic imine (C=N–C) groups is 1. The molecule has 0 bridgehead atoms.